The Morgan fingerprint density at radius 3 is 1.93 bits per heavy atom. The highest BCUT2D eigenvalue weighted by Gasteiger charge is 2.49. The molecule has 1 saturated heterocycles. The molecule has 0 atom stereocenters. The van der Waals surface area contributed by atoms with Crippen molar-refractivity contribution in [3.8, 4) is 12.3 Å². The normalized spacial score (nSPS) is 23.8. The van der Waals surface area contributed by atoms with Crippen LogP contribution in [-0.4, -0.2) is 34.3 Å². The SMILES string of the molecule is C#CCN1C(=O)C(C)(C)NC(C)(C)C1=O. The van der Waals surface area contributed by atoms with Gasteiger partial charge in [0.05, 0.1) is 17.6 Å². The smallest absolute Gasteiger partial charge is 0.249 e. The number of carbonyl (C=O) groups excluding carboxylic acids is 2. The molecule has 1 rings (SSSR count). The maximum absolute atomic E-state index is 11.9. The lowest BCUT2D eigenvalue weighted by Gasteiger charge is -2.44. The molecule has 4 heteroatoms. The van der Waals surface area contributed by atoms with Gasteiger partial charge in [-0.15, -0.1) is 6.42 Å². The third-order valence-corrected chi connectivity index (χ3v) is 2.43. The van der Waals surface area contributed by atoms with E-state index in [1.165, 1.54) is 0 Å². The summed E-state index contributed by atoms with van der Waals surface area (Å²) >= 11 is 0. The van der Waals surface area contributed by atoms with Gasteiger partial charge in [-0.2, -0.15) is 0 Å². The molecule has 0 unspecified atom stereocenters. The number of imide groups is 1. The fourth-order valence-electron chi connectivity index (χ4n) is 1.89. The summed E-state index contributed by atoms with van der Waals surface area (Å²) in [5, 5.41) is 3.01. The van der Waals surface area contributed by atoms with E-state index in [1.54, 1.807) is 27.7 Å². The number of piperazine rings is 1. The molecular formula is C11H16N2O2. The fourth-order valence-corrected chi connectivity index (χ4v) is 1.89. The molecule has 0 aromatic rings. The highest BCUT2D eigenvalue weighted by Crippen LogP contribution is 2.22. The van der Waals surface area contributed by atoms with Crippen molar-refractivity contribution in [2.45, 2.75) is 38.8 Å². The number of rotatable bonds is 1. The lowest BCUT2D eigenvalue weighted by Crippen LogP contribution is -2.72. The summed E-state index contributed by atoms with van der Waals surface area (Å²) in [5.41, 5.74) is -1.51. The van der Waals surface area contributed by atoms with Crippen molar-refractivity contribution >= 4 is 11.8 Å². The highest BCUT2D eigenvalue weighted by molar-refractivity contribution is 6.06. The molecule has 82 valence electrons. The molecule has 1 aliphatic heterocycles. The Bertz CT molecular complexity index is 324. The van der Waals surface area contributed by atoms with E-state index in [0.717, 1.165) is 4.90 Å². The molecule has 1 aliphatic rings. The molecule has 0 aliphatic carbocycles. The van der Waals surface area contributed by atoms with Crippen LogP contribution in [0.3, 0.4) is 0 Å². The first kappa shape index (κ1) is 11.7. The average molecular weight is 208 g/mol. The predicted octanol–water partition coefficient (Wildman–Crippen LogP) is 0.135. The van der Waals surface area contributed by atoms with Gasteiger partial charge in [0.25, 0.3) is 0 Å². The van der Waals surface area contributed by atoms with Gasteiger partial charge in [0, 0.05) is 0 Å². The monoisotopic (exact) mass is 208 g/mol. The maximum Gasteiger partial charge on any atom is 0.249 e. The number of hydrogen-bond acceptors (Lipinski definition) is 3. The van der Waals surface area contributed by atoms with E-state index in [9.17, 15) is 9.59 Å². The number of carbonyl (C=O) groups is 2. The zero-order valence-corrected chi connectivity index (χ0v) is 9.55. The van der Waals surface area contributed by atoms with E-state index < -0.39 is 11.1 Å². The van der Waals surface area contributed by atoms with Crippen LogP contribution in [0.5, 0.6) is 0 Å². The van der Waals surface area contributed by atoms with Crippen LogP contribution >= 0.6 is 0 Å². The van der Waals surface area contributed by atoms with E-state index in [1.807, 2.05) is 0 Å². The Hall–Kier alpha value is -1.34. The molecule has 0 bridgehead atoms. The predicted molar refractivity (Wildman–Crippen MR) is 56.8 cm³/mol. The number of terminal acetylenes is 1. The van der Waals surface area contributed by atoms with Crippen molar-refractivity contribution in [2.75, 3.05) is 6.54 Å². The zero-order valence-electron chi connectivity index (χ0n) is 9.55. The first-order valence-electron chi connectivity index (χ1n) is 4.81. The standard InChI is InChI=1S/C11H16N2O2/c1-6-7-13-8(14)10(2,3)12-11(4,5)9(13)15/h1,12H,7H2,2-5H3. The molecule has 0 saturated carbocycles. The van der Waals surface area contributed by atoms with E-state index in [0.29, 0.717) is 0 Å². The minimum atomic E-state index is -0.756. The van der Waals surface area contributed by atoms with Gasteiger partial charge in [0.15, 0.2) is 0 Å². The first-order chi connectivity index (χ1) is 6.72. The highest BCUT2D eigenvalue weighted by atomic mass is 16.2. The van der Waals surface area contributed by atoms with Gasteiger partial charge in [0.1, 0.15) is 0 Å². The van der Waals surface area contributed by atoms with Crippen LogP contribution in [0.25, 0.3) is 0 Å². The van der Waals surface area contributed by atoms with Crippen molar-refractivity contribution in [1.82, 2.24) is 10.2 Å². The van der Waals surface area contributed by atoms with Crippen molar-refractivity contribution in [1.29, 1.82) is 0 Å². The summed E-state index contributed by atoms with van der Waals surface area (Å²) in [7, 11) is 0. The van der Waals surface area contributed by atoms with Gasteiger partial charge >= 0.3 is 0 Å². The zero-order chi connectivity index (χ0) is 11.9. The first-order valence-corrected chi connectivity index (χ1v) is 4.81. The van der Waals surface area contributed by atoms with E-state index in [2.05, 4.69) is 11.2 Å². The van der Waals surface area contributed by atoms with Crippen molar-refractivity contribution in [3.05, 3.63) is 0 Å². The summed E-state index contributed by atoms with van der Waals surface area (Å²) in [6.07, 6.45) is 5.14. The van der Waals surface area contributed by atoms with Crippen molar-refractivity contribution in [2.24, 2.45) is 0 Å². The van der Waals surface area contributed by atoms with Gasteiger partial charge in [-0.25, -0.2) is 0 Å². The van der Waals surface area contributed by atoms with E-state index in [4.69, 9.17) is 6.42 Å². The topological polar surface area (TPSA) is 49.4 Å². The largest absolute Gasteiger partial charge is 0.290 e. The fraction of sp³-hybridized carbons (Fsp3) is 0.636. The van der Waals surface area contributed by atoms with Gasteiger partial charge in [0.2, 0.25) is 11.8 Å². The van der Waals surface area contributed by atoms with E-state index >= 15 is 0 Å². The van der Waals surface area contributed by atoms with Gasteiger partial charge in [-0.3, -0.25) is 19.8 Å². The summed E-state index contributed by atoms with van der Waals surface area (Å²) in [4.78, 5) is 24.9. The molecule has 2 amide bonds. The van der Waals surface area contributed by atoms with Gasteiger partial charge in [-0.1, -0.05) is 5.92 Å². The second-order valence-corrected chi connectivity index (χ2v) is 4.78. The lowest BCUT2D eigenvalue weighted by molar-refractivity contribution is -0.158. The average Bonchev–Trinajstić information content (AvgIpc) is 2.08. The van der Waals surface area contributed by atoms with Gasteiger partial charge < -0.3 is 0 Å². The molecule has 1 fully saturated rings. The number of nitrogens with zero attached hydrogens (tertiary/aromatic N) is 1. The van der Waals surface area contributed by atoms with Crippen LogP contribution in [0.2, 0.25) is 0 Å². The van der Waals surface area contributed by atoms with E-state index in [-0.39, 0.29) is 18.4 Å². The Kier molecular flexibility index (Phi) is 2.62. The van der Waals surface area contributed by atoms with Crippen LogP contribution < -0.4 is 5.32 Å². The summed E-state index contributed by atoms with van der Waals surface area (Å²) in [6.45, 7) is 7.01. The Morgan fingerprint density at radius 2 is 1.60 bits per heavy atom. The van der Waals surface area contributed by atoms with Crippen LogP contribution in [0, 0.1) is 12.3 Å². The van der Waals surface area contributed by atoms with Crippen molar-refractivity contribution in [3.63, 3.8) is 0 Å². The number of nitrogens with one attached hydrogen (secondary N) is 1. The van der Waals surface area contributed by atoms with Gasteiger partial charge in [-0.05, 0) is 27.7 Å². The van der Waals surface area contributed by atoms with Crippen molar-refractivity contribution < 1.29 is 9.59 Å². The van der Waals surface area contributed by atoms with Crippen LogP contribution in [0.1, 0.15) is 27.7 Å². The Labute approximate surface area is 90.0 Å². The molecule has 1 heterocycles. The lowest BCUT2D eigenvalue weighted by atomic mass is 9.90. The third-order valence-electron chi connectivity index (χ3n) is 2.43. The summed E-state index contributed by atoms with van der Waals surface area (Å²) in [5.74, 6) is 1.78. The minimum absolute atomic E-state index is 0.0339. The molecular weight excluding hydrogens is 192 g/mol. The summed E-state index contributed by atoms with van der Waals surface area (Å²) < 4.78 is 0. The van der Waals surface area contributed by atoms with Crippen LogP contribution in [0.4, 0.5) is 0 Å². The number of hydrogen-bond donors (Lipinski definition) is 1. The Morgan fingerprint density at radius 1 is 1.20 bits per heavy atom. The quantitative estimate of drug-likeness (QED) is 0.492. The van der Waals surface area contributed by atoms with Crippen LogP contribution in [0.15, 0.2) is 0 Å². The molecule has 0 spiro atoms. The second-order valence-electron chi connectivity index (χ2n) is 4.78. The summed E-state index contributed by atoms with van der Waals surface area (Å²) in [6, 6.07) is 0. The Balaban J connectivity index is 3.10. The third kappa shape index (κ3) is 1.88. The number of amides is 2. The molecule has 0 aromatic carbocycles. The molecule has 15 heavy (non-hydrogen) atoms. The maximum atomic E-state index is 11.9. The molecule has 0 radical (unpaired) electrons. The minimum Gasteiger partial charge on any atom is -0.290 e. The second kappa shape index (κ2) is 3.35. The molecule has 4 nitrogen and oxygen atoms in total. The molecule has 0 aromatic heterocycles. The molecule has 1 N–H and O–H groups in total. The van der Waals surface area contributed by atoms with Crippen LogP contribution in [-0.2, 0) is 9.59 Å².